The van der Waals surface area contributed by atoms with Gasteiger partial charge in [-0.25, -0.2) is 0 Å². The number of fused-ring (bicyclic) bond motifs is 8. The van der Waals surface area contributed by atoms with Gasteiger partial charge in [0.2, 0.25) is 0 Å². The number of nitrogens with zero attached hydrogens (tertiary/aromatic N) is 2. The van der Waals surface area contributed by atoms with E-state index in [1.54, 1.807) is 0 Å². The van der Waals surface area contributed by atoms with E-state index in [0.717, 1.165) is 34.1 Å². The SMILES string of the molecule is Cc1cccc(N(c2ccc(-c3cccc4c3sc3ccccc34)cc2)c2c3ccccc3c(N(c3ccc(-c4cccc5c4sc4ccccc45)cc3)c3cccc(C)c3)c3ccccc23)c1. The Labute approximate surface area is 403 Å². The summed E-state index contributed by atoms with van der Waals surface area (Å²) < 4.78 is 5.29. The highest BCUT2D eigenvalue weighted by molar-refractivity contribution is 7.26. The second-order valence-electron chi connectivity index (χ2n) is 17.8. The van der Waals surface area contributed by atoms with Gasteiger partial charge in [0.15, 0.2) is 0 Å². The molecule has 0 unspecified atom stereocenters. The summed E-state index contributed by atoms with van der Waals surface area (Å²) in [5.41, 5.74) is 14.1. The highest BCUT2D eigenvalue weighted by atomic mass is 32.1. The molecule has 2 nitrogen and oxygen atoms in total. The van der Waals surface area contributed by atoms with E-state index >= 15 is 0 Å². The summed E-state index contributed by atoms with van der Waals surface area (Å²) in [6, 6.07) is 85.2. The van der Waals surface area contributed by atoms with Gasteiger partial charge in [-0.1, -0.05) is 170 Å². The van der Waals surface area contributed by atoms with Crippen LogP contribution in [0.3, 0.4) is 0 Å². The van der Waals surface area contributed by atoms with E-state index < -0.39 is 0 Å². The fraction of sp³-hybridized carbons (Fsp3) is 0.0312. The first-order chi connectivity index (χ1) is 33.6. The van der Waals surface area contributed by atoms with Gasteiger partial charge in [0.25, 0.3) is 0 Å². The van der Waals surface area contributed by atoms with Crippen molar-refractivity contribution in [3.05, 3.63) is 242 Å². The number of hydrogen-bond acceptors (Lipinski definition) is 4. The second-order valence-corrected chi connectivity index (χ2v) is 19.9. The smallest absolute Gasteiger partial charge is 0.0619 e. The first-order valence-electron chi connectivity index (χ1n) is 23.2. The van der Waals surface area contributed by atoms with Crippen LogP contribution in [0.5, 0.6) is 0 Å². The van der Waals surface area contributed by atoms with Gasteiger partial charge in [-0.15, -0.1) is 22.7 Å². The average molecular weight is 905 g/mol. The topological polar surface area (TPSA) is 6.48 Å². The zero-order valence-corrected chi connectivity index (χ0v) is 39.3. The predicted octanol–water partition coefficient (Wildman–Crippen LogP) is 19.6. The predicted molar refractivity (Wildman–Crippen MR) is 297 cm³/mol. The molecule has 13 rings (SSSR count). The maximum Gasteiger partial charge on any atom is 0.0619 e. The Morgan fingerprint density at radius 3 is 1.00 bits per heavy atom. The molecular weight excluding hydrogens is 861 g/mol. The van der Waals surface area contributed by atoms with Crippen LogP contribution in [0, 0.1) is 13.8 Å². The van der Waals surface area contributed by atoms with Crippen LogP contribution in [0.4, 0.5) is 34.1 Å². The van der Waals surface area contributed by atoms with Crippen molar-refractivity contribution in [3.63, 3.8) is 0 Å². The number of rotatable bonds is 8. The molecule has 0 bridgehead atoms. The Morgan fingerprint density at radius 1 is 0.279 bits per heavy atom. The Bertz CT molecular complexity index is 3740. The van der Waals surface area contributed by atoms with Crippen molar-refractivity contribution in [2.45, 2.75) is 13.8 Å². The molecule has 0 spiro atoms. The van der Waals surface area contributed by atoms with Gasteiger partial charge < -0.3 is 9.80 Å². The first kappa shape index (κ1) is 40.3. The summed E-state index contributed by atoms with van der Waals surface area (Å²) in [6.45, 7) is 4.37. The van der Waals surface area contributed by atoms with Gasteiger partial charge in [-0.05, 0) is 108 Å². The zero-order chi connectivity index (χ0) is 45.3. The van der Waals surface area contributed by atoms with Crippen LogP contribution >= 0.6 is 22.7 Å². The van der Waals surface area contributed by atoms with Crippen molar-refractivity contribution in [2.24, 2.45) is 0 Å². The molecule has 0 saturated carbocycles. The average Bonchev–Trinajstić information content (AvgIpc) is 3.97. The normalized spacial score (nSPS) is 11.7. The fourth-order valence-corrected chi connectivity index (χ4v) is 12.9. The number of anilines is 6. The van der Waals surface area contributed by atoms with Crippen molar-refractivity contribution in [3.8, 4) is 22.3 Å². The second kappa shape index (κ2) is 16.4. The highest BCUT2D eigenvalue weighted by Crippen LogP contribution is 2.52. The van der Waals surface area contributed by atoms with Crippen molar-refractivity contribution in [1.82, 2.24) is 0 Å². The lowest BCUT2D eigenvalue weighted by molar-refractivity contribution is 1.28. The van der Waals surface area contributed by atoms with Crippen LogP contribution in [0.2, 0.25) is 0 Å². The Hall–Kier alpha value is -8.02. The summed E-state index contributed by atoms with van der Waals surface area (Å²) in [5, 5.41) is 9.95. The largest absolute Gasteiger partial charge is 0.309 e. The molecule has 0 aliphatic carbocycles. The number of hydrogen-bond donors (Lipinski definition) is 0. The standard InChI is InChI=1S/C64H44N2S2/c1-41-15-11-17-47(39-41)65(45-35-31-43(32-36-45)49-25-13-27-57-51-19-7-9-29-59(51)67-63(49)57)61-53-21-3-5-23-55(53)62(56-24-6-4-22-54(56)61)66(48-18-12-16-42(2)40-48)46-37-33-44(34-38-46)50-26-14-28-58-52-20-8-10-30-60(52)68-64(50)58/h3-40H,1-2H3. The molecule has 0 aliphatic rings. The van der Waals surface area contributed by atoms with Gasteiger partial charge in [-0.3, -0.25) is 0 Å². The van der Waals surface area contributed by atoms with Crippen molar-refractivity contribution >= 4 is 119 Å². The summed E-state index contributed by atoms with van der Waals surface area (Å²) in [7, 11) is 0. The maximum atomic E-state index is 2.48. The van der Waals surface area contributed by atoms with Crippen LogP contribution in [0.25, 0.3) is 84.1 Å². The molecule has 0 atom stereocenters. The highest BCUT2D eigenvalue weighted by Gasteiger charge is 2.26. The van der Waals surface area contributed by atoms with Crippen LogP contribution in [-0.2, 0) is 0 Å². The quantitative estimate of drug-likeness (QED) is 0.111. The molecule has 68 heavy (non-hydrogen) atoms. The van der Waals surface area contributed by atoms with E-state index in [9.17, 15) is 0 Å². The van der Waals surface area contributed by atoms with Gasteiger partial charge in [-0.2, -0.15) is 0 Å². The molecule has 13 aromatic rings. The van der Waals surface area contributed by atoms with Crippen molar-refractivity contribution < 1.29 is 0 Å². The summed E-state index contributed by atoms with van der Waals surface area (Å²) in [5.74, 6) is 0. The van der Waals surface area contributed by atoms with Gasteiger partial charge in [0.05, 0.1) is 11.4 Å². The third kappa shape index (κ3) is 6.67. The Morgan fingerprint density at radius 2 is 0.618 bits per heavy atom. The summed E-state index contributed by atoms with van der Waals surface area (Å²) in [4.78, 5) is 4.96. The number of benzene rings is 11. The molecule has 0 amide bonds. The van der Waals surface area contributed by atoms with Crippen LogP contribution in [0.1, 0.15) is 11.1 Å². The molecule has 4 heteroatoms. The van der Waals surface area contributed by atoms with E-state index in [1.807, 2.05) is 22.7 Å². The first-order valence-corrected chi connectivity index (χ1v) is 24.9. The summed E-state index contributed by atoms with van der Waals surface area (Å²) >= 11 is 3.76. The van der Waals surface area contributed by atoms with Crippen LogP contribution in [-0.4, -0.2) is 0 Å². The third-order valence-corrected chi connectivity index (χ3v) is 16.0. The van der Waals surface area contributed by atoms with E-state index in [1.165, 1.54) is 95.3 Å². The third-order valence-electron chi connectivity index (χ3n) is 13.5. The molecule has 0 saturated heterocycles. The van der Waals surface area contributed by atoms with E-state index in [0.29, 0.717) is 0 Å². The summed E-state index contributed by atoms with van der Waals surface area (Å²) in [6.07, 6.45) is 0. The molecule has 0 radical (unpaired) electrons. The van der Waals surface area contributed by atoms with Crippen LogP contribution in [0.15, 0.2) is 231 Å². The van der Waals surface area contributed by atoms with Gasteiger partial charge in [0.1, 0.15) is 0 Å². The lowest BCUT2D eigenvalue weighted by Gasteiger charge is -2.33. The number of thiophene rings is 2. The van der Waals surface area contributed by atoms with E-state index in [-0.39, 0.29) is 0 Å². The van der Waals surface area contributed by atoms with Crippen molar-refractivity contribution in [1.29, 1.82) is 0 Å². The fourth-order valence-electron chi connectivity index (χ4n) is 10.4. The number of aryl methyl sites for hydroxylation is 2. The Kier molecular flexibility index (Phi) is 9.71. The molecular formula is C64H44N2S2. The van der Waals surface area contributed by atoms with Gasteiger partial charge in [0, 0.05) is 84.6 Å². The lowest BCUT2D eigenvalue weighted by Crippen LogP contribution is -2.14. The molecule has 0 N–H and O–H groups in total. The molecule has 0 aliphatic heterocycles. The van der Waals surface area contributed by atoms with Crippen LogP contribution < -0.4 is 9.80 Å². The molecule has 2 aromatic heterocycles. The van der Waals surface area contributed by atoms with E-state index in [4.69, 9.17) is 0 Å². The minimum atomic E-state index is 1.10. The minimum Gasteiger partial charge on any atom is -0.309 e. The monoisotopic (exact) mass is 904 g/mol. The van der Waals surface area contributed by atoms with E-state index in [2.05, 4.69) is 254 Å². The molecule has 11 aromatic carbocycles. The zero-order valence-electron chi connectivity index (χ0n) is 37.7. The Balaban J connectivity index is 1.00. The van der Waals surface area contributed by atoms with Gasteiger partial charge >= 0.3 is 0 Å². The molecule has 0 fully saturated rings. The maximum absolute atomic E-state index is 2.48. The minimum absolute atomic E-state index is 1.10. The lowest BCUT2D eigenvalue weighted by atomic mass is 9.94. The molecule has 322 valence electrons. The molecule has 2 heterocycles. The van der Waals surface area contributed by atoms with Crippen molar-refractivity contribution in [2.75, 3.05) is 9.80 Å².